The van der Waals surface area contributed by atoms with Gasteiger partial charge in [0, 0.05) is 50.1 Å². The summed E-state index contributed by atoms with van der Waals surface area (Å²) in [6, 6.07) is 16.8. The molecule has 0 aliphatic carbocycles. The Labute approximate surface area is 244 Å². The third-order valence-electron chi connectivity index (χ3n) is 7.43. The smallest absolute Gasteiger partial charge is 0.321 e. The Kier molecular flexibility index (Phi) is 9.35. The lowest BCUT2D eigenvalue weighted by Gasteiger charge is -2.23. The first-order chi connectivity index (χ1) is 20.0. The van der Waals surface area contributed by atoms with Crippen LogP contribution in [0.15, 0.2) is 66.7 Å². The first-order valence-electron chi connectivity index (χ1n) is 13.9. The number of halogens is 1. The number of urea groups is 1. The summed E-state index contributed by atoms with van der Waals surface area (Å²) in [6.07, 6.45) is 0.597. The summed E-state index contributed by atoms with van der Waals surface area (Å²) >= 11 is 0. The number of carbonyl (C=O) groups is 3. The summed E-state index contributed by atoms with van der Waals surface area (Å²) in [4.78, 5) is 41.0. The SMILES string of the molecule is CCN(CC)C(=O)C1CCN(C(=O)Nc2cc(Oc3ccc(F)cc3)cc(Oc3ccc(C(C)(C)C(=O)O)cc3)c2)C1. The average molecular weight is 578 g/mol. The van der Waals surface area contributed by atoms with Crippen molar-refractivity contribution in [3.05, 3.63) is 78.1 Å². The molecule has 0 radical (unpaired) electrons. The summed E-state index contributed by atoms with van der Waals surface area (Å²) in [6.45, 7) is 9.16. The second-order valence-corrected chi connectivity index (χ2v) is 10.7. The molecule has 1 aliphatic heterocycles. The fourth-order valence-corrected chi connectivity index (χ4v) is 4.74. The minimum Gasteiger partial charge on any atom is -0.481 e. The predicted octanol–water partition coefficient (Wildman–Crippen LogP) is 6.49. The molecule has 1 atom stereocenters. The third-order valence-corrected chi connectivity index (χ3v) is 7.43. The zero-order valence-electron chi connectivity index (χ0n) is 24.2. The van der Waals surface area contributed by atoms with Gasteiger partial charge in [-0.25, -0.2) is 9.18 Å². The van der Waals surface area contributed by atoms with Gasteiger partial charge in [-0.3, -0.25) is 9.59 Å². The number of rotatable bonds is 10. The fraction of sp³-hybridized carbons (Fsp3) is 0.344. The molecule has 4 rings (SSSR count). The molecular formula is C32H36FN3O6. The highest BCUT2D eigenvalue weighted by molar-refractivity contribution is 5.91. The van der Waals surface area contributed by atoms with Crippen LogP contribution >= 0.6 is 0 Å². The number of nitrogens with one attached hydrogen (secondary N) is 1. The van der Waals surface area contributed by atoms with E-state index in [1.807, 2.05) is 13.8 Å². The van der Waals surface area contributed by atoms with Crippen molar-refractivity contribution in [2.45, 2.75) is 39.5 Å². The maximum atomic E-state index is 13.4. The van der Waals surface area contributed by atoms with Crippen LogP contribution in [-0.2, 0) is 15.0 Å². The van der Waals surface area contributed by atoms with E-state index in [0.717, 1.165) is 0 Å². The van der Waals surface area contributed by atoms with Crippen molar-refractivity contribution in [3.8, 4) is 23.0 Å². The van der Waals surface area contributed by atoms with Crippen molar-refractivity contribution in [2.75, 3.05) is 31.5 Å². The van der Waals surface area contributed by atoms with Gasteiger partial charge in [-0.15, -0.1) is 0 Å². The van der Waals surface area contributed by atoms with Gasteiger partial charge in [-0.2, -0.15) is 0 Å². The van der Waals surface area contributed by atoms with Crippen LogP contribution in [0.5, 0.6) is 23.0 Å². The third kappa shape index (κ3) is 7.18. The Morgan fingerprint density at radius 3 is 2.00 bits per heavy atom. The molecule has 3 aromatic rings. The number of aliphatic carboxylic acids is 1. The van der Waals surface area contributed by atoms with Gasteiger partial charge in [-0.1, -0.05) is 12.1 Å². The van der Waals surface area contributed by atoms with Gasteiger partial charge in [0.2, 0.25) is 5.91 Å². The number of amides is 3. The molecule has 10 heteroatoms. The summed E-state index contributed by atoms with van der Waals surface area (Å²) in [5, 5.41) is 12.4. The molecule has 1 unspecified atom stereocenters. The first-order valence-corrected chi connectivity index (χ1v) is 13.9. The minimum absolute atomic E-state index is 0.0541. The molecule has 0 bridgehead atoms. The first kappa shape index (κ1) is 30.4. The molecule has 0 aromatic heterocycles. The molecule has 1 aliphatic rings. The molecule has 222 valence electrons. The number of hydrogen-bond acceptors (Lipinski definition) is 5. The van der Waals surface area contributed by atoms with Crippen LogP contribution in [0.2, 0.25) is 0 Å². The molecular weight excluding hydrogens is 541 g/mol. The van der Waals surface area contributed by atoms with Crippen molar-refractivity contribution in [1.82, 2.24) is 9.80 Å². The number of anilines is 1. The van der Waals surface area contributed by atoms with E-state index < -0.39 is 17.2 Å². The maximum Gasteiger partial charge on any atom is 0.321 e. The second-order valence-electron chi connectivity index (χ2n) is 10.7. The number of benzene rings is 3. The number of nitrogens with zero attached hydrogens (tertiary/aromatic N) is 2. The lowest BCUT2D eigenvalue weighted by molar-refractivity contribution is -0.142. The van der Waals surface area contributed by atoms with Crippen molar-refractivity contribution in [2.24, 2.45) is 5.92 Å². The highest BCUT2D eigenvalue weighted by Crippen LogP contribution is 2.34. The highest BCUT2D eigenvalue weighted by atomic mass is 19.1. The normalized spacial score (nSPS) is 14.8. The maximum absolute atomic E-state index is 13.4. The van der Waals surface area contributed by atoms with E-state index in [1.165, 1.54) is 24.3 Å². The van der Waals surface area contributed by atoms with E-state index in [0.29, 0.717) is 66.8 Å². The fourth-order valence-electron chi connectivity index (χ4n) is 4.74. The zero-order valence-corrected chi connectivity index (χ0v) is 24.2. The Morgan fingerprint density at radius 2 is 1.48 bits per heavy atom. The molecule has 42 heavy (non-hydrogen) atoms. The van der Waals surface area contributed by atoms with Crippen molar-refractivity contribution in [3.63, 3.8) is 0 Å². The van der Waals surface area contributed by atoms with E-state index in [9.17, 15) is 23.9 Å². The molecule has 2 N–H and O–H groups in total. The Bertz CT molecular complexity index is 1420. The van der Waals surface area contributed by atoms with Gasteiger partial charge < -0.3 is 29.7 Å². The monoisotopic (exact) mass is 577 g/mol. The molecule has 9 nitrogen and oxygen atoms in total. The van der Waals surface area contributed by atoms with Crippen molar-refractivity contribution in [1.29, 1.82) is 0 Å². The van der Waals surface area contributed by atoms with Gasteiger partial charge in [0.15, 0.2) is 0 Å². The Balaban J connectivity index is 1.54. The predicted molar refractivity (Wildman–Crippen MR) is 157 cm³/mol. The molecule has 3 amide bonds. The van der Waals surface area contributed by atoms with Crippen LogP contribution in [0.25, 0.3) is 0 Å². The summed E-state index contributed by atoms with van der Waals surface area (Å²) in [5.41, 5.74) is -0.0486. The zero-order chi connectivity index (χ0) is 30.4. The second kappa shape index (κ2) is 12.9. The van der Waals surface area contributed by atoms with Gasteiger partial charge in [0.1, 0.15) is 28.8 Å². The van der Waals surface area contributed by atoms with Gasteiger partial charge in [0.05, 0.1) is 11.3 Å². The summed E-state index contributed by atoms with van der Waals surface area (Å²) in [5.74, 6) is 0.0153. The van der Waals surface area contributed by atoms with Crippen LogP contribution < -0.4 is 14.8 Å². The van der Waals surface area contributed by atoms with Crippen molar-refractivity contribution >= 4 is 23.6 Å². The number of hydrogen-bond donors (Lipinski definition) is 2. The average Bonchev–Trinajstić information content (AvgIpc) is 3.46. The highest BCUT2D eigenvalue weighted by Gasteiger charge is 2.33. The molecule has 1 fully saturated rings. The molecule has 3 aromatic carbocycles. The van der Waals surface area contributed by atoms with Crippen LogP contribution in [0.1, 0.15) is 39.7 Å². The van der Waals surface area contributed by atoms with Crippen LogP contribution in [0, 0.1) is 11.7 Å². The van der Waals surface area contributed by atoms with E-state index in [4.69, 9.17) is 9.47 Å². The number of carbonyl (C=O) groups excluding carboxylic acids is 2. The van der Waals surface area contributed by atoms with Gasteiger partial charge in [0.25, 0.3) is 0 Å². The summed E-state index contributed by atoms with van der Waals surface area (Å²) < 4.78 is 25.4. The molecule has 0 saturated carbocycles. The van der Waals surface area contributed by atoms with Crippen molar-refractivity contribution < 1.29 is 33.4 Å². The molecule has 1 saturated heterocycles. The Morgan fingerprint density at radius 1 is 0.929 bits per heavy atom. The van der Waals surface area contributed by atoms with Gasteiger partial charge >= 0.3 is 12.0 Å². The van der Waals surface area contributed by atoms with E-state index in [-0.39, 0.29) is 17.9 Å². The standard InChI is InChI=1S/C32H36FN3O6/c1-5-35(6-2)29(37)21-15-16-36(20-21)31(40)34-24-17-27(19-28(18-24)42-26-13-9-23(33)10-14-26)41-25-11-7-22(8-12-25)32(3,4)30(38)39/h7-14,17-19,21H,5-6,15-16,20H2,1-4H3,(H,34,40)(H,38,39). The van der Waals surface area contributed by atoms with E-state index in [1.54, 1.807) is 66.1 Å². The number of likely N-dealkylation sites (tertiary alicyclic amines) is 1. The number of carboxylic acid groups (broad SMARTS) is 1. The lowest BCUT2D eigenvalue weighted by atomic mass is 9.85. The molecule has 1 heterocycles. The Hall–Kier alpha value is -4.60. The minimum atomic E-state index is -1.07. The summed E-state index contributed by atoms with van der Waals surface area (Å²) in [7, 11) is 0. The molecule has 0 spiro atoms. The van der Waals surface area contributed by atoms with E-state index >= 15 is 0 Å². The quantitative estimate of drug-likeness (QED) is 0.285. The topological polar surface area (TPSA) is 108 Å². The van der Waals surface area contributed by atoms with Crippen LogP contribution in [-0.4, -0.2) is 59.0 Å². The number of carboxylic acids is 1. The largest absolute Gasteiger partial charge is 0.481 e. The number of ether oxygens (including phenoxy) is 2. The van der Waals surface area contributed by atoms with E-state index in [2.05, 4.69) is 5.32 Å². The van der Waals surface area contributed by atoms with Crippen LogP contribution in [0.4, 0.5) is 14.9 Å². The van der Waals surface area contributed by atoms with Gasteiger partial charge in [-0.05, 0) is 76.1 Å². The lowest BCUT2D eigenvalue weighted by Crippen LogP contribution is -2.38. The van der Waals surface area contributed by atoms with Crippen LogP contribution in [0.3, 0.4) is 0 Å².